The summed E-state index contributed by atoms with van der Waals surface area (Å²) in [6, 6.07) is -0.240. The van der Waals surface area contributed by atoms with Crippen LogP contribution in [0.4, 0.5) is 0 Å². The molecular formula is C21H30N2O4. The third-order valence-electron chi connectivity index (χ3n) is 7.57. The second-order valence-electron chi connectivity index (χ2n) is 9.80. The molecule has 0 unspecified atom stereocenters. The molecule has 1 aliphatic heterocycles. The normalized spacial score (nSPS) is 39.5. The summed E-state index contributed by atoms with van der Waals surface area (Å²) in [5.74, 6) is 1.68. The molecule has 5 saturated carbocycles. The van der Waals surface area contributed by atoms with Crippen molar-refractivity contribution in [2.24, 2.45) is 23.2 Å². The Morgan fingerprint density at radius 2 is 1.59 bits per heavy atom. The van der Waals surface area contributed by atoms with Crippen molar-refractivity contribution in [1.29, 1.82) is 0 Å². The van der Waals surface area contributed by atoms with Gasteiger partial charge in [0.15, 0.2) is 6.61 Å². The Balaban J connectivity index is 1.23. The zero-order valence-corrected chi connectivity index (χ0v) is 16.0. The van der Waals surface area contributed by atoms with Crippen molar-refractivity contribution in [2.75, 3.05) is 13.2 Å². The molecule has 6 nitrogen and oxygen atoms in total. The van der Waals surface area contributed by atoms with Gasteiger partial charge in [-0.1, -0.05) is 0 Å². The number of nitrogens with zero attached hydrogens (tertiary/aromatic N) is 1. The van der Waals surface area contributed by atoms with Crippen molar-refractivity contribution in [3.05, 3.63) is 0 Å². The smallest absolute Gasteiger partial charge is 0.329 e. The van der Waals surface area contributed by atoms with Crippen molar-refractivity contribution in [1.82, 2.24) is 10.2 Å². The lowest BCUT2D eigenvalue weighted by atomic mass is 9.49. The quantitative estimate of drug-likeness (QED) is 0.747. The number of hydrogen-bond donors (Lipinski definition) is 1. The van der Waals surface area contributed by atoms with Crippen LogP contribution in [0.1, 0.15) is 64.2 Å². The Morgan fingerprint density at radius 3 is 2.19 bits per heavy atom. The van der Waals surface area contributed by atoms with Gasteiger partial charge in [-0.15, -0.1) is 0 Å². The second kappa shape index (κ2) is 6.49. The van der Waals surface area contributed by atoms with Gasteiger partial charge in [0.2, 0.25) is 5.91 Å². The molecule has 4 bridgehead atoms. The van der Waals surface area contributed by atoms with E-state index in [0.29, 0.717) is 30.7 Å². The molecule has 27 heavy (non-hydrogen) atoms. The van der Waals surface area contributed by atoms with Crippen molar-refractivity contribution in [3.8, 4) is 0 Å². The summed E-state index contributed by atoms with van der Waals surface area (Å²) in [7, 11) is 0. The summed E-state index contributed by atoms with van der Waals surface area (Å²) in [4.78, 5) is 39.7. The Hall–Kier alpha value is -1.59. The van der Waals surface area contributed by atoms with Gasteiger partial charge in [0, 0.05) is 12.6 Å². The molecule has 6 fully saturated rings. The molecule has 5 aliphatic carbocycles. The molecule has 6 aliphatic rings. The van der Waals surface area contributed by atoms with E-state index in [1.54, 1.807) is 4.90 Å². The maximum Gasteiger partial charge on any atom is 0.329 e. The maximum absolute atomic E-state index is 13.5. The van der Waals surface area contributed by atoms with Crippen LogP contribution in [-0.2, 0) is 19.1 Å². The van der Waals surface area contributed by atoms with Crippen LogP contribution in [0, 0.1) is 23.2 Å². The van der Waals surface area contributed by atoms with Gasteiger partial charge in [-0.25, -0.2) is 4.79 Å². The van der Waals surface area contributed by atoms with Gasteiger partial charge in [0.25, 0.3) is 5.91 Å². The topological polar surface area (TPSA) is 75.7 Å². The largest absolute Gasteiger partial charge is 0.454 e. The van der Waals surface area contributed by atoms with Crippen LogP contribution in [0.15, 0.2) is 0 Å². The summed E-state index contributed by atoms with van der Waals surface area (Å²) in [5, 5.41) is 2.83. The molecule has 0 spiro atoms. The van der Waals surface area contributed by atoms with E-state index in [2.05, 4.69) is 5.32 Å². The van der Waals surface area contributed by atoms with Crippen molar-refractivity contribution >= 4 is 17.8 Å². The fraction of sp³-hybridized carbons (Fsp3) is 0.857. The number of amides is 2. The minimum absolute atomic E-state index is 0.198. The first-order valence-electron chi connectivity index (χ1n) is 10.8. The molecule has 148 valence electrons. The average Bonchev–Trinajstić information content (AvgIpc) is 3.30. The van der Waals surface area contributed by atoms with Crippen molar-refractivity contribution in [2.45, 2.75) is 76.3 Å². The van der Waals surface area contributed by atoms with E-state index in [4.69, 9.17) is 4.74 Å². The number of carbonyl (C=O) groups excluding carboxylic acids is 3. The Labute approximate surface area is 160 Å². The first-order chi connectivity index (χ1) is 13.0. The second-order valence-corrected chi connectivity index (χ2v) is 9.80. The first kappa shape index (κ1) is 17.5. The highest BCUT2D eigenvalue weighted by molar-refractivity contribution is 5.90. The number of rotatable bonds is 5. The standard InChI is InChI=1S/C21H30N2O4/c24-18(22-16-3-4-16)12-27-19(25)17-2-1-5-23(17)20(26)21-9-13-6-14(10-21)8-15(7-13)11-21/h13-17H,1-12H2,(H,22,24)/t13?,14?,15?,17-,21?/m1/s1. The molecule has 1 N–H and O–H groups in total. The molecule has 0 aromatic heterocycles. The zero-order valence-electron chi connectivity index (χ0n) is 16.0. The molecule has 6 rings (SSSR count). The zero-order chi connectivity index (χ0) is 18.6. The van der Waals surface area contributed by atoms with Gasteiger partial charge in [-0.05, 0) is 82.0 Å². The van der Waals surface area contributed by atoms with Gasteiger partial charge in [-0.2, -0.15) is 0 Å². The van der Waals surface area contributed by atoms with Gasteiger partial charge in [0.05, 0.1) is 5.41 Å². The van der Waals surface area contributed by atoms with E-state index >= 15 is 0 Å². The predicted octanol–water partition coefficient (Wildman–Crippen LogP) is 2.02. The molecule has 0 aromatic carbocycles. The highest BCUT2D eigenvalue weighted by Gasteiger charge is 2.57. The van der Waals surface area contributed by atoms with E-state index in [-0.39, 0.29) is 29.9 Å². The predicted molar refractivity (Wildman–Crippen MR) is 97.5 cm³/mol. The average molecular weight is 374 g/mol. The van der Waals surface area contributed by atoms with E-state index in [0.717, 1.165) is 38.5 Å². The van der Waals surface area contributed by atoms with Gasteiger partial charge < -0.3 is 15.0 Å². The fourth-order valence-corrected chi connectivity index (χ4v) is 6.66. The third-order valence-corrected chi connectivity index (χ3v) is 7.57. The third kappa shape index (κ3) is 3.25. The van der Waals surface area contributed by atoms with Crippen LogP contribution >= 0.6 is 0 Å². The minimum atomic E-state index is -0.501. The molecular weight excluding hydrogens is 344 g/mol. The molecule has 0 aromatic rings. The lowest BCUT2D eigenvalue weighted by molar-refractivity contribution is -0.166. The van der Waals surface area contributed by atoms with E-state index in [1.165, 1.54) is 19.3 Å². The summed E-state index contributed by atoms with van der Waals surface area (Å²) < 4.78 is 5.27. The molecule has 1 heterocycles. The van der Waals surface area contributed by atoms with E-state index in [9.17, 15) is 14.4 Å². The molecule has 1 saturated heterocycles. The summed E-state index contributed by atoms with van der Waals surface area (Å²) in [5.41, 5.74) is -0.221. The van der Waals surface area contributed by atoms with Crippen LogP contribution in [0.3, 0.4) is 0 Å². The maximum atomic E-state index is 13.5. The molecule has 2 amide bonds. The van der Waals surface area contributed by atoms with E-state index in [1.807, 2.05) is 0 Å². The summed E-state index contributed by atoms with van der Waals surface area (Å²) in [6.07, 6.45) is 10.5. The van der Waals surface area contributed by atoms with Gasteiger partial charge in [-0.3, -0.25) is 9.59 Å². The molecule has 6 heteroatoms. The number of carbonyl (C=O) groups is 3. The summed E-state index contributed by atoms with van der Waals surface area (Å²) in [6.45, 7) is 0.417. The highest BCUT2D eigenvalue weighted by Crippen LogP contribution is 2.60. The number of ether oxygens (including phenoxy) is 1. The van der Waals surface area contributed by atoms with Crippen LogP contribution < -0.4 is 5.32 Å². The van der Waals surface area contributed by atoms with Crippen molar-refractivity contribution in [3.63, 3.8) is 0 Å². The van der Waals surface area contributed by atoms with Crippen LogP contribution in [0.25, 0.3) is 0 Å². The monoisotopic (exact) mass is 374 g/mol. The van der Waals surface area contributed by atoms with Crippen LogP contribution in [0.5, 0.6) is 0 Å². The SMILES string of the molecule is O=C(COC(=O)[C@H]1CCCN1C(=O)C12CC3CC(CC(C3)C1)C2)NC1CC1. The van der Waals surface area contributed by atoms with Gasteiger partial charge in [0.1, 0.15) is 6.04 Å². The number of likely N-dealkylation sites (tertiary alicyclic amines) is 1. The Kier molecular flexibility index (Phi) is 4.21. The minimum Gasteiger partial charge on any atom is -0.454 e. The van der Waals surface area contributed by atoms with Crippen LogP contribution in [-0.4, -0.2) is 47.9 Å². The van der Waals surface area contributed by atoms with Crippen molar-refractivity contribution < 1.29 is 19.1 Å². The highest BCUT2D eigenvalue weighted by atomic mass is 16.5. The van der Waals surface area contributed by atoms with Crippen LogP contribution in [0.2, 0.25) is 0 Å². The first-order valence-corrected chi connectivity index (χ1v) is 10.8. The molecule has 0 radical (unpaired) electrons. The lowest BCUT2D eigenvalue weighted by Crippen LogP contribution is -2.56. The summed E-state index contributed by atoms with van der Waals surface area (Å²) >= 11 is 0. The number of nitrogens with one attached hydrogen (secondary N) is 1. The number of hydrogen-bond acceptors (Lipinski definition) is 4. The van der Waals surface area contributed by atoms with E-state index < -0.39 is 12.0 Å². The Bertz CT molecular complexity index is 621. The fourth-order valence-electron chi connectivity index (χ4n) is 6.66. The molecule has 1 atom stereocenters. The number of esters is 1. The van der Waals surface area contributed by atoms with Gasteiger partial charge >= 0.3 is 5.97 Å². The Morgan fingerprint density at radius 1 is 0.963 bits per heavy atom. The lowest BCUT2D eigenvalue weighted by Gasteiger charge is -2.56.